The minimum absolute atomic E-state index is 0.0819. The molecule has 0 bridgehead atoms. The van der Waals surface area contributed by atoms with E-state index in [-0.39, 0.29) is 11.7 Å². The maximum Gasteiger partial charge on any atom is 0.416 e. The molecule has 0 radical (unpaired) electrons. The van der Waals surface area contributed by atoms with Crippen molar-refractivity contribution in [2.75, 3.05) is 18.4 Å². The first-order valence-electron chi connectivity index (χ1n) is 7.23. The van der Waals surface area contributed by atoms with Crippen LogP contribution in [0.3, 0.4) is 0 Å². The van der Waals surface area contributed by atoms with E-state index in [0.717, 1.165) is 12.1 Å². The summed E-state index contributed by atoms with van der Waals surface area (Å²) in [5, 5.41) is 23.5. The molecular weight excluding hydrogens is 314 g/mol. The topological polar surface area (TPSA) is 78.6 Å². The van der Waals surface area contributed by atoms with Crippen LogP contribution in [0.2, 0.25) is 6.82 Å². The number of nitrogens with one attached hydrogen (secondary N) is 1. The summed E-state index contributed by atoms with van der Waals surface area (Å²) in [6, 6.07) is 2.40. The number of halogens is 3. The van der Waals surface area contributed by atoms with Crippen LogP contribution in [-0.2, 0) is 6.18 Å². The Balaban J connectivity index is 2.13. The van der Waals surface area contributed by atoms with Gasteiger partial charge in [0.2, 0.25) is 0 Å². The summed E-state index contributed by atoms with van der Waals surface area (Å²) in [6.45, 7) is 2.89. The number of rotatable bonds is 4. The number of anilines is 1. The standard InChI is InChI=1S/C13H17BF3N3O3/c1-14(21)19-6-4-10(5-7-19)18-11-3-2-9(13(15,16)17)8-12(11)20(22)23/h2-3,8,10,18,21H,4-7H2,1H3. The molecule has 1 aliphatic heterocycles. The van der Waals surface area contributed by atoms with Crippen molar-refractivity contribution in [3.05, 3.63) is 33.9 Å². The average Bonchev–Trinajstić information content (AvgIpc) is 2.46. The van der Waals surface area contributed by atoms with Crippen LogP contribution < -0.4 is 5.32 Å². The molecular formula is C13H17BF3N3O3. The Bertz CT molecular complexity index is 575. The van der Waals surface area contributed by atoms with Crippen LogP contribution in [0.1, 0.15) is 18.4 Å². The molecule has 1 heterocycles. The minimum atomic E-state index is -4.62. The zero-order valence-corrected chi connectivity index (χ0v) is 12.5. The second-order valence-electron chi connectivity index (χ2n) is 5.57. The Morgan fingerprint density at radius 3 is 2.48 bits per heavy atom. The molecule has 126 valence electrons. The van der Waals surface area contributed by atoms with Crippen LogP contribution in [0.15, 0.2) is 18.2 Å². The molecule has 1 fully saturated rings. The second-order valence-corrected chi connectivity index (χ2v) is 5.57. The molecule has 0 aromatic heterocycles. The number of nitro benzene ring substituents is 1. The third kappa shape index (κ3) is 4.35. The van der Waals surface area contributed by atoms with Crippen LogP contribution in [0.25, 0.3) is 0 Å². The highest BCUT2D eigenvalue weighted by atomic mass is 19.4. The lowest BCUT2D eigenvalue weighted by molar-refractivity contribution is -0.384. The summed E-state index contributed by atoms with van der Waals surface area (Å²) < 4.78 is 38.0. The zero-order valence-electron chi connectivity index (χ0n) is 12.5. The van der Waals surface area contributed by atoms with E-state index >= 15 is 0 Å². The van der Waals surface area contributed by atoms with Crippen molar-refractivity contribution in [3.63, 3.8) is 0 Å². The molecule has 0 saturated carbocycles. The van der Waals surface area contributed by atoms with E-state index in [1.807, 2.05) is 4.81 Å². The summed E-state index contributed by atoms with van der Waals surface area (Å²) >= 11 is 0. The van der Waals surface area contributed by atoms with Gasteiger partial charge >= 0.3 is 13.2 Å². The largest absolute Gasteiger partial charge is 0.437 e. The lowest BCUT2D eigenvalue weighted by Crippen LogP contribution is -2.45. The van der Waals surface area contributed by atoms with E-state index in [9.17, 15) is 28.3 Å². The first-order chi connectivity index (χ1) is 10.7. The molecule has 1 aromatic rings. The fourth-order valence-corrected chi connectivity index (χ4v) is 2.62. The monoisotopic (exact) mass is 331 g/mol. The van der Waals surface area contributed by atoms with Crippen molar-refractivity contribution < 1.29 is 23.1 Å². The Hall–Kier alpha value is -1.81. The number of nitrogens with zero attached hydrogens (tertiary/aromatic N) is 2. The quantitative estimate of drug-likeness (QED) is 0.504. The highest BCUT2D eigenvalue weighted by molar-refractivity contribution is 6.45. The first kappa shape index (κ1) is 17.5. The third-order valence-electron chi connectivity index (χ3n) is 3.94. The molecule has 1 saturated heterocycles. The van der Waals surface area contributed by atoms with Gasteiger partial charge in [-0.25, -0.2) is 0 Å². The predicted octanol–water partition coefficient (Wildman–Crippen LogP) is 2.60. The normalized spacial score (nSPS) is 17.1. The molecule has 0 spiro atoms. The maximum atomic E-state index is 12.7. The zero-order chi connectivity index (χ0) is 17.2. The van der Waals surface area contributed by atoms with Gasteiger partial charge in [-0.15, -0.1) is 0 Å². The van der Waals surface area contributed by atoms with E-state index < -0.39 is 29.4 Å². The molecule has 0 amide bonds. The Labute approximate surface area is 131 Å². The number of hydrogen-bond donors (Lipinski definition) is 2. The number of nitro groups is 1. The van der Waals surface area contributed by atoms with Crippen molar-refractivity contribution in [1.29, 1.82) is 0 Å². The van der Waals surface area contributed by atoms with Gasteiger partial charge in [0, 0.05) is 12.1 Å². The van der Waals surface area contributed by atoms with Crippen molar-refractivity contribution in [2.45, 2.75) is 31.9 Å². The lowest BCUT2D eigenvalue weighted by Gasteiger charge is -2.33. The van der Waals surface area contributed by atoms with E-state index in [4.69, 9.17) is 0 Å². The van der Waals surface area contributed by atoms with Gasteiger partial charge in [-0.2, -0.15) is 13.2 Å². The molecule has 10 heteroatoms. The molecule has 0 atom stereocenters. The lowest BCUT2D eigenvalue weighted by atomic mass is 9.82. The minimum Gasteiger partial charge on any atom is -0.437 e. The third-order valence-corrected chi connectivity index (χ3v) is 3.94. The van der Waals surface area contributed by atoms with Crippen LogP contribution >= 0.6 is 0 Å². The smallest absolute Gasteiger partial charge is 0.416 e. The number of benzene rings is 1. The molecule has 1 aliphatic rings. The Morgan fingerprint density at radius 2 is 2.00 bits per heavy atom. The average molecular weight is 331 g/mol. The molecule has 2 rings (SSSR count). The summed E-state index contributed by atoms with van der Waals surface area (Å²) in [5.74, 6) is 0. The molecule has 6 nitrogen and oxygen atoms in total. The fraction of sp³-hybridized carbons (Fsp3) is 0.538. The van der Waals surface area contributed by atoms with Crippen LogP contribution in [0.4, 0.5) is 24.5 Å². The molecule has 1 aromatic carbocycles. The summed E-state index contributed by atoms with van der Waals surface area (Å²) in [4.78, 5) is 12.1. The summed E-state index contributed by atoms with van der Waals surface area (Å²) in [6.07, 6.45) is -3.34. The van der Waals surface area contributed by atoms with Gasteiger partial charge in [-0.05, 0) is 44.9 Å². The number of hydrogen-bond acceptors (Lipinski definition) is 5. The molecule has 2 N–H and O–H groups in total. The van der Waals surface area contributed by atoms with Crippen molar-refractivity contribution >= 4 is 18.4 Å². The predicted molar refractivity (Wildman–Crippen MR) is 80.2 cm³/mol. The molecule has 0 aliphatic carbocycles. The summed E-state index contributed by atoms with van der Waals surface area (Å²) in [5.41, 5.74) is -1.55. The first-order valence-corrected chi connectivity index (χ1v) is 7.23. The summed E-state index contributed by atoms with van der Waals surface area (Å²) in [7, 11) is -0.559. The van der Waals surface area contributed by atoms with Gasteiger partial charge < -0.3 is 15.2 Å². The van der Waals surface area contributed by atoms with E-state index in [1.165, 1.54) is 0 Å². The van der Waals surface area contributed by atoms with Gasteiger partial charge in [0.05, 0.1) is 10.5 Å². The van der Waals surface area contributed by atoms with Crippen molar-refractivity contribution in [1.82, 2.24) is 4.81 Å². The Morgan fingerprint density at radius 1 is 1.39 bits per heavy atom. The van der Waals surface area contributed by atoms with Gasteiger partial charge in [0.1, 0.15) is 5.69 Å². The Kier molecular flexibility index (Phi) is 5.15. The highest BCUT2D eigenvalue weighted by Crippen LogP contribution is 2.35. The number of alkyl halides is 3. The van der Waals surface area contributed by atoms with E-state index in [1.54, 1.807) is 6.82 Å². The van der Waals surface area contributed by atoms with E-state index in [0.29, 0.717) is 32.0 Å². The van der Waals surface area contributed by atoms with Gasteiger partial charge in [-0.1, -0.05) is 0 Å². The van der Waals surface area contributed by atoms with E-state index in [2.05, 4.69) is 5.32 Å². The molecule has 23 heavy (non-hydrogen) atoms. The van der Waals surface area contributed by atoms with Crippen molar-refractivity contribution in [2.24, 2.45) is 0 Å². The van der Waals surface area contributed by atoms with Crippen molar-refractivity contribution in [3.8, 4) is 0 Å². The maximum absolute atomic E-state index is 12.7. The second kappa shape index (κ2) is 6.75. The van der Waals surface area contributed by atoms with Crippen LogP contribution in [-0.4, -0.2) is 40.9 Å². The van der Waals surface area contributed by atoms with Crippen LogP contribution in [0, 0.1) is 10.1 Å². The highest BCUT2D eigenvalue weighted by Gasteiger charge is 2.33. The fourth-order valence-electron chi connectivity index (χ4n) is 2.62. The SMILES string of the molecule is CB(O)N1CCC(Nc2ccc(C(F)(F)F)cc2[N+](=O)[O-])CC1. The van der Waals surface area contributed by atoms with Crippen LogP contribution in [0.5, 0.6) is 0 Å². The van der Waals surface area contributed by atoms with Gasteiger partial charge in [-0.3, -0.25) is 10.1 Å². The van der Waals surface area contributed by atoms with Gasteiger partial charge in [0.15, 0.2) is 0 Å². The molecule has 0 unspecified atom stereocenters. The number of piperidine rings is 1. The van der Waals surface area contributed by atoms with Gasteiger partial charge in [0.25, 0.3) is 5.69 Å².